The molecule has 0 spiro atoms. The Balaban J connectivity index is 0.00000242. The van der Waals surface area contributed by atoms with Gasteiger partial charge in [0.2, 0.25) is 0 Å². The van der Waals surface area contributed by atoms with Gasteiger partial charge in [0.1, 0.15) is 18.5 Å². The predicted molar refractivity (Wildman–Crippen MR) is 86.0 cm³/mol. The number of benzene rings is 1. The molecule has 4 nitrogen and oxygen atoms in total. The fourth-order valence-electron chi connectivity index (χ4n) is 2.79. The first-order chi connectivity index (χ1) is 10.1. The zero-order valence-corrected chi connectivity index (χ0v) is 15.8. The summed E-state index contributed by atoms with van der Waals surface area (Å²) >= 11 is 0. The molecular formula is C17H28Cl2N2O2-2. The summed E-state index contributed by atoms with van der Waals surface area (Å²) in [4.78, 5) is 4.76. The molecule has 0 saturated carbocycles. The fourth-order valence-corrected chi connectivity index (χ4v) is 2.79. The summed E-state index contributed by atoms with van der Waals surface area (Å²) < 4.78 is 5.75. The molecule has 0 bridgehead atoms. The van der Waals surface area contributed by atoms with Crippen molar-refractivity contribution in [1.82, 2.24) is 9.80 Å². The Labute approximate surface area is 152 Å². The van der Waals surface area contributed by atoms with Crippen LogP contribution in [0.1, 0.15) is 18.1 Å². The van der Waals surface area contributed by atoms with E-state index in [0.717, 1.165) is 44.0 Å². The summed E-state index contributed by atoms with van der Waals surface area (Å²) in [5.74, 6) is 0.871. The number of β-amino-alcohol motifs (C(OH)–C–C–N with tert-alkyl or cyclic N) is 1. The number of rotatable bonds is 6. The van der Waals surface area contributed by atoms with Crippen LogP contribution in [0.25, 0.3) is 0 Å². The molecule has 1 aromatic carbocycles. The van der Waals surface area contributed by atoms with E-state index in [4.69, 9.17) is 4.74 Å². The van der Waals surface area contributed by atoms with Crippen LogP contribution in [0.15, 0.2) is 18.2 Å². The first-order valence-corrected chi connectivity index (χ1v) is 7.91. The van der Waals surface area contributed by atoms with E-state index in [-0.39, 0.29) is 24.8 Å². The lowest BCUT2D eigenvalue weighted by atomic mass is 10.1. The van der Waals surface area contributed by atoms with Crippen LogP contribution < -0.4 is 29.6 Å². The van der Waals surface area contributed by atoms with Crippen LogP contribution in [0.5, 0.6) is 5.75 Å². The molecule has 1 atom stereocenters. The highest BCUT2D eigenvalue weighted by atomic mass is 35.5. The quantitative estimate of drug-likeness (QED) is 0.555. The van der Waals surface area contributed by atoms with Crippen molar-refractivity contribution in [3.63, 3.8) is 0 Å². The second kappa shape index (κ2) is 11.1. The lowest BCUT2D eigenvalue weighted by Crippen LogP contribution is -3.00. The molecule has 1 aliphatic rings. The molecule has 0 aliphatic carbocycles. The van der Waals surface area contributed by atoms with E-state index in [2.05, 4.69) is 29.7 Å². The maximum atomic E-state index is 10.2. The Morgan fingerprint density at radius 3 is 2.26 bits per heavy atom. The smallest absolute Gasteiger partial charge is 0.122 e. The second-order valence-corrected chi connectivity index (χ2v) is 5.97. The van der Waals surface area contributed by atoms with Gasteiger partial charge in [-0.3, -0.25) is 4.90 Å². The molecule has 1 fully saturated rings. The Morgan fingerprint density at radius 1 is 1.09 bits per heavy atom. The lowest BCUT2D eigenvalue weighted by Gasteiger charge is -2.34. The number of ether oxygens (including phenoxy) is 1. The number of hydrogen-bond donors (Lipinski definition) is 1. The number of halogens is 2. The molecule has 1 aliphatic heterocycles. The van der Waals surface area contributed by atoms with Gasteiger partial charge in [-0.2, -0.15) is 0 Å². The van der Waals surface area contributed by atoms with Crippen molar-refractivity contribution in [1.29, 1.82) is 0 Å². The van der Waals surface area contributed by atoms with Crippen molar-refractivity contribution in [2.24, 2.45) is 0 Å². The molecular weight excluding hydrogens is 335 g/mol. The minimum Gasteiger partial charge on any atom is -1.00 e. The number of piperazine rings is 1. The third-order valence-electron chi connectivity index (χ3n) is 4.14. The van der Waals surface area contributed by atoms with Gasteiger partial charge in [0, 0.05) is 32.7 Å². The highest BCUT2D eigenvalue weighted by Crippen LogP contribution is 2.18. The number of likely N-dealkylation sites (N-methyl/N-ethyl adjacent to an activating group) is 1. The molecule has 1 heterocycles. The molecule has 1 N–H and O–H groups in total. The van der Waals surface area contributed by atoms with Crippen LogP contribution in [-0.2, 0) is 0 Å². The number of aryl methyl sites for hydroxylation is 2. The Hall–Kier alpha value is -0.520. The van der Waals surface area contributed by atoms with Crippen LogP contribution in [0.2, 0.25) is 0 Å². The van der Waals surface area contributed by atoms with Gasteiger partial charge in [-0.05, 0) is 32.0 Å². The van der Waals surface area contributed by atoms with Gasteiger partial charge < -0.3 is 39.6 Å². The number of nitrogens with zero attached hydrogens (tertiary/aromatic N) is 2. The molecule has 0 aromatic heterocycles. The Morgan fingerprint density at radius 2 is 1.70 bits per heavy atom. The van der Waals surface area contributed by atoms with Crippen molar-refractivity contribution in [3.05, 3.63) is 29.3 Å². The van der Waals surface area contributed by atoms with Gasteiger partial charge >= 0.3 is 0 Å². The van der Waals surface area contributed by atoms with Crippen molar-refractivity contribution in [3.8, 4) is 5.75 Å². The highest BCUT2D eigenvalue weighted by Gasteiger charge is 2.18. The molecule has 1 unspecified atom stereocenters. The monoisotopic (exact) mass is 362 g/mol. The third-order valence-corrected chi connectivity index (χ3v) is 4.14. The topological polar surface area (TPSA) is 35.9 Å². The number of hydrogen-bond acceptors (Lipinski definition) is 4. The summed E-state index contributed by atoms with van der Waals surface area (Å²) in [5, 5.41) is 10.2. The zero-order chi connectivity index (χ0) is 15.2. The van der Waals surface area contributed by atoms with E-state index in [1.807, 2.05) is 19.1 Å². The average molecular weight is 363 g/mol. The highest BCUT2D eigenvalue weighted by molar-refractivity contribution is 5.35. The van der Waals surface area contributed by atoms with Crippen LogP contribution in [0.3, 0.4) is 0 Å². The molecule has 1 aromatic rings. The van der Waals surface area contributed by atoms with Gasteiger partial charge in [0.25, 0.3) is 0 Å². The molecule has 0 amide bonds. The summed E-state index contributed by atoms with van der Waals surface area (Å²) in [5.41, 5.74) is 2.35. The van der Waals surface area contributed by atoms with Gasteiger partial charge in [0.15, 0.2) is 0 Å². The lowest BCUT2D eigenvalue weighted by molar-refractivity contribution is -0.00100. The Kier molecular flexibility index (Phi) is 10.9. The minimum absolute atomic E-state index is 0. The van der Waals surface area contributed by atoms with E-state index >= 15 is 0 Å². The van der Waals surface area contributed by atoms with Gasteiger partial charge in [-0.25, -0.2) is 0 Å². The van der Waals surface area contributed by atoms with Crippen LogP contribution in [0.4, 0.5) is 0 Å². The predicted octanol–water partition coefficient (Wildman–Crippen LogP) is -4.31. The number of aliphatic hydroxyl groups is 1. The molecule has 2 rings (SSSR count). The minimum atomic E-state index is -0.432. The maximum absolute atomic E-state index is 10.2. The summed E-state index contributed by atoms with van der Waals surface area (Å²) in [6.07, 6.45) is -0.432. The van der Waals surface area contributed by atoms with Crippen molar-refractivity contribution < 1.29 is 34.7 Å². The maximum Gasteiger partial charge on any atom is 0.122 e. The van der Waals surface area contributed by atoms with Crippen LogP contribution in [-0.4, -0.2) is 66.9 Å². The normalized spacial score (nSPS) is 17.0. The summed E-state index contributed by atoms with van der Waals surface area (Å²) in [6, 6.07) is 6.13. The summed E-state index contributed by atoms with van der Waals surface area (Å²) in [7, 11) is 0. The van der Waals surface area contributed by atoms with Gasteiger partial charge in [-0.15, -0.1) is 0 Å². The first-order valence-electron chi connectivity index (χ1n) is 7.91. The SMILES string of the molecule is CCN1CCN(CC(O)COc2ccc(C)cc2C)CC1.[Cl-].[Cl-]. The third kappa shape index (κ3) is 7.27. The first kappa shape index (κ1) is 22.5. The Bertz CT molecular complexity index is 452. The molecule has 0 radical (unpaired) electrons. The van der Waals surface area contributed by atoms with E-state index in [0.29, 0.717) is 13.2 Å². The largest absolute Gasteiger partial charge is 1.00 e. The van der Waals surface area contributed by atoms with E-state index < -0.39 is 6.10 Å². The molecule has 23 heavy (non-hydrogen) atoms. The van der Waals surface area contributed by atoms with Crippen molar-refractivity contribution in [2.75, 3.05) is 45.9 Å². The number of aliphatic hydroxyl groups excluding tert-OH is 1. The van der Waals surface area contributed by atoms with E-state index in [1.54, 1.807) is 0 Å². The van der Waals surface area contributed by atoms with Crippen LogP contribution >= 0.6 is 0 Å². The molecule has 6 heteroatoms. The van der Waals surface area contributed by atoms with E-state index in [1.165, 1.54) is 5.56 Å². The second-order valence-electron chi connectivity index (χ2n) is 5.97. The van der Waals surface area contributed by atoms with Crippen molar-refractivity contribution >= 4 is 0 Å². The average Bonchev–Trinajstić information content (AvgIpc) is 2.47. The standard InChI is InChI=1S/C17H28N2O2.2ClH/c1-4-18-7-9-19(10-8-18)12-16(20)13-21-17-6-5-14(2)11-15(17)3;;/h5-6,11,16,20H,4,7-10,12-13H2,1-3H3;2*1H/p-2. The van der Waals surface area contributed by atoms with Crippen LogP contribution in [0, 0.1) is 13.8 Å². The fraction of sp³-hybridized carbons (Fsp3) is 0.647. The molecule has 1 saturated heterocycles. The summed E-state index contributed by atoms with van der Waals surface area (Å²) in [6.45, 7) is 12.8. The zero-order valence-electron chi connectivity index (χ0n) is 14.3. The van der Waals surface area contributed by atoms with E-state index in [9.17, 15) is 5.11 Å². The molecule has 134 valence electrons. The van der Waals surface area contributed by atoms with Gasteiger partial charge in [-0.1, -0.05) is 24.6 Å². The van der Waals surface area contributed by atoms with Gasteiger partial charge in [0.05, 0.1) is 0 Å². The van der Waals surface area contributed by atoms with Crippen molar-refractivity contribution in [2.45, 2.75) is 26.9 Å².